The Hall–Kier alpha value is -3.12. The van der Waals surface area contributed by atoms with E-state index in [1.165, 1.54) is 6.34 Å². The fourth-order valence-electron chi connectivity index (χ4n) is 1.59. The van der Waals surface area contributed by atoms with Crippen LogP contribution in [0.25, 0.3) is 11.3 Å². The number of hydrogen-bond donors (Lipinski definition) is 2. The van der Waals surface area contributed by atoms with Crippen LogP contribution in [0.5, 0.6) is 0 Å². The molecular formula is C13H10N6. The van der Waals surface area contributed by atoms with Crippen LogP contribution in [0.3, 0.4) is 0 Å². The van der Waals surface area contributed by atoms with Gasteiger partial charge in [0, 0.05) is 11.8 Å². The summed E-state index contributed by atoms with van der Waals surface area (Å²) in [5, 5.41) is 19.7. The zero-order valence-corrected chi connectivity index (χ0v) is 10.2. The topological polar surface area (TPSA) is 101 Å². The number of aryl methyl sites for hydroxylation is 1. The van der Waals surface area contributed by atoms with E-state index in [2.05, 4.69) is 26.3 Å². The minimum Gasteiger partial charge on any atom is -0.348 e. The van der Waals surface area contributed by atoms with Crippen molar-refractivity contribution >= 4 is 12.0 Å². The van der Waals surface area contributed by atoms with E-state index in [4.69, 9.17) is 10.5 Å². The molecule has 6 nitrogen and oxygen atoms in total. The minimum atomic E-state index is 0.425. The summed E-state index contributed by atoms with van der Waals surface area (Å²) in [4.78, 5) is 11.3. The molecule has 1 aromatic carbocycles. The first kappa shape index (κ1) is 12.3. The van der Waals surface area contributed by atoms with Gasteiger partial charge in [0.05, 0.1) is 16.9 Å². The number of nitriles is 2. The number of hydrogen-bond acceptors (Lipinski definition) is 4. The van der Waals surface area contributed by atoms with E-state index in [1.807, 2.05) is 13.0 Å². The molecule has 0 spiro atoms. The lowest BCUT2D eigenvalue weighted by Gasteiger charge is -2.00. The number of aromatic nitrogens is 2. The summed E-state index contributed by atoms with van der Waals surface area (Å²) in [5.41, 5.74) is 2.54. The maximum absolute atomic E-state index is 9.11. The molecule has 1 heterocycles. The number of nitrogens with one attached hydrogen (secondary N) is 2. The number of aromatic amines is 1. The fourth-order valence-corrected chi connectivity index (χ4v) is 1.59. The van der Waals surface area contributed by atoms with Gasteiger partial charge in [-0.05, 0) is 19.1 Å². The average molecular weight is 250 g/mol. The van der Waals surface area contributed by atoms with Gasteiger partial charge in [-0.15, -0.1) is 0 Å². The van der Waals surface area contributed by atoms with Crippen LogP contribution < -0.4 is 5.32 Å². The van der Waals surface area contributed by atoms with Crippen LogP contribution in [0.1, 0.15) is 11.4 Å². The molecule has 92 valence electrons. The lowest BCUT2D eigenvalue weighted by molar-refractivity contribution is 1.15. The molecule has 0 fully saturated rings. The zero-order valence-electron chi connectivity index (χ0n) is 10.2. The molecule has 1 aromatic heterocycles. The van der Waals surface area contributed by atoms with Crippen molar-refractivity contribution in [2.45, 2.75) is 6.92 Å². The Kier molecular flexibility index (Phi) is 3.56. The van der Waals surface area contributed by atoms with Crippen molar-refractivity contribution in [2.75, 3.05) is 0 Å². The Morgan fingerprint density at radius 2 is 2.26 bits per heavy atom. The van der Waals surface area contributed by atoms with Crippen molar-refractivity contribution in [1.29, 1.82) is 10.5 Å². The molecule has 0 saturated carbocycles. The summed E-state index contributed by atoms with van der Waals surface area (Å²) in [5.74, 6) is 0.814. The first-order valence-corrected chi connectivity index (χ1v) is 5.48. The zero-order chi connectivity index (χ0) is 13.7. The fraction of sp³-hybridized carbons (Fsp3) is 0.0769. The van der Waals surface area contributed by atoms with Gasteiger partial charge in [0.15, 0.2) is 6.19 Å². The van der Waals surface area contributed by atoms with Gasteiger partial charge in [0.2, 0.25) is 0 Å². The second kappa shape index (κ2) is 5.48. The monoisotopic (exact) mass is 250 g/mol. The summed E-state index contributed by atoms with van der Waals surface area (Å²) < 4.78 is 0. The van der Waals surface area contributed by atoms with E-state index >= 15 is 0 Å². The third-order valence-corrected chi connectivity index (χ3v) is 2.45. The summed E-state index contributed by atoms with van der Waals surface area (Å²) >= 11 is 0. The maximum atomic E-state index is 9.11. The summed E-state index contributed by atoms with van der Waals surface area (Å²) in [7, 11) is 0. The Morgan fingerprint density at radius 1 is 1.42 bits per heavy atom. The molecule has 0 radical (unpaired) electrons. The number of H-pyrrole nitrogens is 1. The van der Waals surface area contributed by atoms with Crippen LogP contribution in [-0.2, 0) is 0 Å². The van der Waals surface area contributed by atoms with E-state index in [9.17, 15) is 0 Å². The predicted octanol–water partition coefficient (Wildman–Crippen LogP) is 1.99. The molecule has 0 amide bonds. The van der Waals surface area contributed by atoms with E-state index in [-0.39, 0.29) is 0 Å². The standard InChI is InChI=1S/C13H10N6/c1-9-17-6-13(19-9)10-2-3-12(11(4-10)5-14)18-8-16-7-15/h2-4,6,8H,1H3,(H,16,18)(H,17,19). The smallest absolute Gasteiger partial charge is 0.182 e. The summed E-state index contributed by atoms with van der Waals surface area (Å²) in [6.45, 7) is 1.86. The Morgan fingerprint density at radius 3 is 2.89 bits per heavy atom. The van der Waals surface area contributed by atoms with Gasteiger partial charge in [0.1, 0.15) is 18.2 Å². The van der Waals surface area contributed by atoms with Crippen molar-refractivity contribution in [3.63, 3.8) is 0 Å². The Balaban J connectivity index is 2.37. The van der Waals surface area contributed by atoms with Crippen LogP contribution >= 0.6 is 0 Å². The average Bonchev–Trinajstić information content (AvgIpc) is 2.86. The number of benzene rings is 1. The molecule has 2 aromatic rings. The van der Waals surface area contributed by atoms with Crippen molar-refractivity contribution in [3.8, 4) is 23.5 Å². The molecule has 0 bridgehead atoms. The SMILES string of the molecule is Cc1nc(-c2ccc(/N=C/NC#N)c(C#N)c2)c[nH]1. The molecule has 0 atom stereocenters. The normalized spacial score (nSPS) is 10.1. The van der Waals surface area contributed by atoms with Gasteiger partial charge < -0.3 is 4.98 Å². The molecular weight excluding hydrogens is 240 g/mol. The molecule has 0 aliphatic carbocycles. The number of aliphatic imine (C=N–C) groups is 1. The second-order valence-electron chi connectivity index (χ2n) is 3.73. The minimum absolute atomic E-state index is 0.425. The highest BCUT2D eigenvalue weighted by Gasteiger charge is 2.06. The van der Waals surface area contributed by atoms with E-state index in [1.54, 1.807) is 24.5 Å². The van der Waals surface area contributed by atoms with Crippen LogP contribution in [0.15, 0.2) is 29.4 Å². The highest BCUT2D eigenvalue weighted by molar-refractivity contribution is 5.71. The lowest BCUT2D eigenvalue weighted by Crippen LogP contribution is -1.99. The second-order valence-corrected chi connectivity index (χ2v) is 3.73. The van der Waals surface area contributed by atoms with Crippen LogP contribution in [0.4, 0.5) is 5.69 Å². The summed E-state index contributed by atoms with van der Waals surface area (Å²) in [6, 6.07) is 7.34. The molecule has 0 aliphatic heterocycles. The predicted molar refractivity (Wildman–Crippen MR) is 70.4 cm³/mol. The number of rotatable bonds is 3. The molecule has 0 aliphatic rings. The van der Waals surface area contributed by atoms with E-state index < -0.39 is 0 Å². The Bertz CT molecular complexity index is 699. The summed E-state index contributed by atoms with van der Waals surface area (Å²) in [6.07, 6.45) is 4.75. The van der Waals surface area contributed by atoms with Gasteiger partial charge in [-0.3, -0.25) is 5.32 Å². The van der Waals surface area contributed by atoms with Crippen molar-refractivity contribution in [1.82, 2.24) is 15.3 Å². The highest BCUT2D eigenvalue weighted by Crippen LogP contribution is 2.25. The van der Waals surface area contributed by atoms with Crippen LogP contribution in [0.2, 0.25) is 0 Å². The largest absolute Gasteiger partial charge is 0.348 e. The van der Waals surface area contributed by atoms with Gasteiger partial charge in [-0.2, -0.15) is 10.5 Å². The maximum Gasteiger partial charge on any atom is 0.182 e. The van der Waals surface area contributed by atoms with Crippen molar-refractivity contribution in [3.05, 3.63) is 35.8 Å². The molecule has 2 rings (SSSR count). The molecule has 6 heteroatoms. The van der Waals surface area contributed by atoms with Crippen molar-refractivity contribution < 1.29 is 0 Å². The molecule has 19 heavy (non-hydrogen) atoms. The molecule has 0 saturated heterocycles. The van der Waals surface area contributed by atoms with Gasteiger partial charge >= 0.3 is 0 Å². The molecule has 2 N–H and O–H groups in total. The Labute approximate surface area is 110 Å². The quantitative estimate of drug-likeness (QED) is 0.376. The van der Waals surface area contributed by atoms with Crippen molar-refractivity contribution in [2.24, 2.45) is 4.99 Å². The highest BCUT2D eigenvalue weighted by atomic mass is 14.9. The van der Waals surface area contributed by atoms with E-state index in [0.717, 1.165) is 17.1 Å². The number of imidazole rings is 1. The third-order valence-electron chi connectivity index (χ3n) is 2.45. The van der Waals surface area contributed by atoms with E-state index in [0.29, 0.717) is 11.3 Å². The first-order chi connectivity index (χ1) is 9.24. The third kappa shape index (κ3) is 2.76. The van der Waals surface area contributed by atoms with Gasteiger partial charge in [0.25, 0.3) is 0 Å². The number of nitrogens with zero attached hydrogens (tertiary/aromatic N) is 4. The van der Waals surface area contributed by atoms with Crippen LogP contribution in [0, 0.1) is 29.7 Å². The molecule has 0 unspecified atom stereocenters. The van der Waals surface area contributed by atoms with Crippen LogP contribution in [-0.4, -0.2) is 16.3 Å². The lowest BCUT2D eigenvalue weighted by atomic mass is 10.1. The first-order valence-electron chi connectivity index (χ1n) is 5.48. The van der Waals surface area contributed by atoms with Gasteiger partial charge in [-0.25, -0.2) is 9.98 Å². The van der Waals surface area contributed by atoms with Gasteiger partial charge in [-0.1, -0.05) is 6.07 Å².